The minimum absolute atomic E-state index is 0.790. The van der Waals surface area contributed by atoms with Gasteiger partial charge in [-0.25, -0.2) is 0 Å². The lowest BCUT2D eigenvalue weighted by atomic mass is 10.1. The molecule has 1 N–H and O–H groups in total. The first kappa shape index (κ1) is 8.69. The van der Waals surface area contributed by atoms with Crippen LogP contribution in [0.1, 0.15) is 17.0 Å². The molecular formula is C11H11N3. The number of nitrogens with zero attached hydrogens (tertiary/aromatic N) is 2. The third kappa shape index (κ3) is 1.71. The Bertz CT molecular complexity index is 417. The van der Waals surface area contributed by atoms with Crippen molar-refractivity contribution in [3.05, 3.63) is 53.9 Å². The fourth-order valence-corrected chi connectivity index (χ4v) is 1.34. The van der Waals surface area contributed by atoms with Gasteiger partial charge in [0.1, 0.15) is 5.69 Å². The minimum Gasteiger partial charge on any atom is -0.197 e. The molecule has 0 fully saturated rings. The van der Waals surface area contributed by atoms with Crippen LogP contribution in [-0.4, -0.2) is 15.4 Å². The molecule has 2 rings (SSSR count). The highest BCUT2D eigenvalue weighted by molar-refractivity contribution is 5.44. The van der Waals surface area contributed by atoms with E-state index in [1.807, 2.05) is 18.2 Å². The highest BCUT2D eigenvalue weighted by Gasteiger charge is 2.04. The highest BCUT2D eigenvalue weighted by atomic mass is 15.3. The van der Waals surface area contributed by atoms with Crippen LogP contribution in [0.15, 0.2) is 36.9 Å². The Morgan fingerprint density at radius 1 is 1.21 bits per heavy atom. The van der Waals surface area contributed by atoms with Crippen molar-refractivity contribution in [2.75, 3.05) is 0 Å². The Morgan fingerprint density at radius 2 is 2.00 bits per heavy atom. The summed E-state index contributed by atoms with van der Waals surface area (Å²) < 4.78 is 0. The van der Waals surface area contributed by atoms with Crippen LogP contribution in [0, 0.1) is 0 Å². The van der Waals surface area contributed by atoms with Crippen LogP contribution in [0.3, 0.4) is 0 Å². The van der Waals surface area contributed by atoms with Crippen LogP contribution in [-0.2, 0) is 6.42 Å². The molecule has 3 heteroatoms. The summed E-state index contributed by atoms with van der Waals surface area (Å²) in [5, 5.41) is 10.6. The molecule has 1 aromatic heterocycles. The van der Waals surface area contributed by atoms with Crippen molar-refractivity contribution >= 4 is 6.08 Å². The second-order valence-corrected chi connectivity index (χ2v) is 3.02. The number of nitrogens with one attached hydrogen (secondary N) is 1. The van der Waals surface area contributed by atoms with E-state index in [1.54, 1.807) is 6.08 Å². The molecular weight excluding hydrogens is 174 g/mol. The Labute approximate surface area is 82.5 Å². The van der Waals surface area contributed by atoms with E-state index in [2.05, 4.69) is 34.1 Å². The van der Waals surface area contributed by atoms with Crippen LogP contribution < -0.4 is 0 Å². The molecule has 3 nitrogen and oxygen atoms in total. The lowest BCUT2D eigenvalue weighted by Gasteiger charge is -1.97. The molecule has 2 aromatic rings. The molecule has 0 spiro atoms. The summed E-state index contributed by atoms with van der Waals surface area (Å²) >= 11 is 0. The molecule has 1 aromatic carbocycles. The molecule has 0 amide bonds. The van der Waals surface area contributed by atoms with Crippen molar-refractivity contribution in [2.45, 2.75) is 6.42 Å². The van der Waals surface area contributed by atoms with Crippen molar-refractivity contribution in [3.8, 4) is 0 Å². The molecule has 0 aliphatic rings. The van der Waals surface area contributed by atoms with Crippen LogP contribution in [0.4, 0.5) is 0 Å². The number of aromatic amines is 1. The Balaban J connectivity index is 2.23. The first-order chi connectivity index (χ1) is 6.90. The van der Waals surface area contributed by atoms with Crippen molar-refractivity contribution in [1.82, 2.24) is 15.4 Å². The molecule has 0 atom stereocenters. The molecule has 0 unspecified atom stereocenters. The second-order valence-electron chi connectivity index (χ2n) is 3.02. The van der Waals surface area contributed by atoms with Gasteiger partial charge in [-0.2, -0.15) is 15.4 Å². The lowest BCUT2D eigenvalue weighted by molar-refractivity contribution is 0.914. The molecule has 70 valence electrons. The van der Waals surface area contributed by atoms with Gasteiger partial charge >= 0.3 is 0 Å². The van der Waals surface area contributed by atoms with E-state index >= 15 is 0 Å². The number of aromatic nitrogens is 3. The number of hydrogen-bond donors (Lipinski definition) is 1. The van der Waals surface area contributed by atoms with E-state index in [0.717, 1.165) is 17.8 Å². The van der Waals surface area contributed by atoms with Gasteiger partial charge in [0.2, 0.25) is 0 Å². The fourth-order valence-electron chi connectivity index (χ4n) is 1.34. The van der Waals surface area contributed by atoms with Gasteiger partial charge in [-0.05, 0) is 11.6 Å². The van der Waals surface area contributed by atoms with Gasteiger partial charge in [0.25, 0.3) is 0 Å². The smallest absolute Gasteiger partial charge is 0.108 e. The summed E-state index contributed by atoms with van der Waals surface area (Å²) in [5.41, 5.74) is 2.99. The first-order valence-corrected chi connectivity index (χ1v) is 4.46. The Morgan fingerprint density at radius 3 is 2.71 bits per heavy atom. The summed E-state index contributed by atoms with van der Waals surface area (Å²) in [5.74, 6) is 0. The zero-order chi connectivity index (χ0) is 9.80. The zero-order valence-corrected chi connectivity index (χ0v) is 7.77. The highest BCUT2D eigenvalue weighted by Crippen LogP contribution is 2.09. The van der Waals surface area contributed by atoms with Crippen molar-refractivity contribution in [2.24, 2.45) is 0 Å². The summed E-state index contributed by atoms with van der Waals surface area (Å²) in [6.07, 6.45) is 2.50. The predicted octanol–water partition coefficient (Wildman–Crippen LogP) is 2.04. The molecule has 14 heavy (non-hydrogen) atoms. The zero-order valence-electron chi connectivity index (χ0n) is 7.77. The van der Waals surface area contributed by atoms with Crippen molar-refractivity contribution in [3.63, 3.8) is 0 Å². The average Bonchev–Trinajstić information content (AvgIpc) is 2.67. The molecule has 0 aliphatic carbocycles. The van der Waals surface area contributed by atoms with Gasteiger partial charge in [-0.1, -0.05) is 36.9 Å². The quantitative estimate of drug-likeness (QED) is 0.795. The largest absolute Gasteiger partial charge is 0.197 e. The molecule has 0 saturated heterocycles. The summed E-state index contributed by atoms with van der Waals surface area (Å²) in [4.78, 5) is 0. The predicted molar refractivity (Wildman–Crippen MR) is 55.7 cm³/mol. The summed E-state index contributed by atoms with van der Waals surface area (Å²) in [6.45, 7) is 3.68. The van der Waals surface area contributed by atoms with Crippen LogP contribution in [0.2, 0.25) is 0 Å². The number of H-pyrrole nitrogens is 1. The normalized spacial score (nSPS) is 10.0. The summed E-state index contributed by atoms with van der Waals surface area (Å²) in [6, 6.07) is 10.2. The third-order valence-electron chi connectivity index (χ3n) is 2.06. The van der Waals surface area contributed by atoms with Crippen LogP contribution in [0.5, 0.6) is 0 Å². The molecule has 0 radical (unpaired) electrons. The maximum Gasteiger partial charge on any atom is 0.108 e. The lowest BCUT2D eigenvalue weighted by Crippen LogP contribution is -1.90. The van der Waals surface area contributed by atoms with E-state index in [1.165, 1.54) is 5.56 Å². The third-order valence-corrected chi connectivity index (χ3v) is 2.06. The maximum absolute atomic E-state index is 4.07. The van der Waals surface area contributed by atoms with Gasteiger partial charge in [0, 0.05) is 6.42 Å². The molecule has 0 aliphatic heterocycles. The first-order valence-electron chi connectivity index (χ1n) is 4.46. The van der Waals surface area contributed by atoms with E-state index in [4.69, 9.17) is 0 Å². The van der Waals surface area contributed by atoms with Gasteiger partial charge < -0.3 is 0 Å². The van der Waals surface area contributed by atoms with Gasteiger partial charge in [-0.3, -0.25) is 0 Å². The van der Waals surface area contributed by atoms with E-state index < -0.39 is 0 Å². The molecule has 1 heterocycles. The second kappa shape index (κ2) is 3.87. The van der Waals surface area contributed by atoms with Crippen molar-refractivity contribution < 1.29 is 0 Å². The van der Waals surface area contributed by atoms with Gasteiger partial charge in [-0.15, -0.1) is 0 Å². The fraction of sp³-hybridized carbons (Fsp3) is 0.0909. The van der Waals surface area contributed by atoms with E-state index in [-0.39, 0.29) is 0 Å². The Hall–Kier alpha value is -1.90. The van der Waals surface area contributed by atoms with E-state index in [0.29, 0.717) is 0 Å². The molecule has 0 bridgehead atoms. The monoisotopic (exact) mass is 185 g/mol. The SMILES string of the molecule is C=Cc1n[nH]nc1Cc1ccccc1. The van der Waals surface area contributed by atoms with Crippen LogP contribution in [0.25, 0.3) is 6.08 Å². The molecule has 0 saturated carbocycles. The maximum atomic E-state index is 4.07. The summed E-state index contributed by atoms with van der Waals surface area (Å²) in [7, 11) is 0. The minimum atomic E-state index is 0.790. The number of hydrogen-bond acceptors (Lipinski definition) is 2. The topological polar surface area (TPSA) is 41.6 Å². The van der Waals surface area contributed by atoms with Crippen molar-refractivity contribution in [1.29, 1.82) is 0 Å². The Kier molecular flexibility index (Phi) is 2.40. The van der Waals surface area contributed by atoms with Crippen LogP contribution >= 0.6 is 0 Å². The number of benzene rings is 1. The number of rotatable bonds is 3. The van der Waals surface area contributed by atoms with Gasteiger partial charge in [0.05, 0.1) is 5.69 Å². The van der Waals surface area contributed by atoms with Gasteiger partial charge in [0.15, 0.2) is 0 Å². The van der Waals surface area contributed by atoms with E-state index in [9.17, 15) is 0 Å². The standard InChI is InChI=1S/C11H11N3/c1-2-10-11(13-14-12-10)8-9-6-4-3-5-7-9/h2-7H,1,8H2,(H,12,13,14). The average molecular weight is 185 g/mol.